The summed E-state index contributed by atoms with van der Waals surface area (Å²) in [6.45, 7) is 5.62. The van der Waals surface area contributed by atoms with Crippen LogP contribution in [0.25, 0.3) is 0 Å². The fourth-order valence-corrected chi connectivity index (χ4v) is 3.14. The zero-order valence-electron chi connectivity index (χ0n) is 11.6. The second kappa shape index (κ2) is 7.34. The van der Waals surface area contributed by atoms with Crippen molar-refractivity contribution in [1.82, 2.24) is 10.6 Å². The molecule has 2 fully saturated rings. The predicted molar refractivity (Wildman–Crippen MR) is 77.0 cm³/mol. The minimum atomic E-state index is 0. The fourth-order valence-electron chi connectivity index (χ4n) is 3.14. The van der Waals surface area contributed by atoms with Crippen LogP contribution >= 0.6 is 12.4 Å². The first-order chi connectivity index (χ1) is 8.16. The van der Waals surface area contributed by atoms with Crippen molar-refractivity contribution in [3.8, 4) is 0 Å². The minimum Gasteiger partial charge on any atom is -0.352 e. The van der Waals surface area contributed by atoms with Crippen LogP contribution < -0.4 is 10.6 Å². The largest absolute Gasteiger partial charge is 0.352 e. The Balaban J connectivity index is 0.00000162. The van der Waals surface area contributed by atoms with Gasteiger partial charge in [0.05, 0.1) is 6.04 Å². The summed E-state index contributed by atoms with van der Waals surface area (Å²) in [5.41, 5.74) is 0. The van der Waals surface area contributed by atoms with Gasteiger partial charge in [0.15, 0.2) is 0 Å². The van der Waals surface area contributed by atoms with Crippen LogP contribution in [0.4, 0.5) is 0 Å². The molecular weight excluding hydrogens is 248 g/mol. The molecule has 2 rings (SSSR count). The summed E-state index contributed by atoms with van der Waals surface area (Å²) in [7, 11) is 0. The van der Waals surface area contributed by atoms with Crippen LogP contribution in [-0.2, 0) is 4.79 Å². The van der Waals surface area contributed by atoms with Gasteiger partial charge >= 0.3 is 0 Å². The summed E-state index contributed by atoms with van der Waals surface area (Å²) < 4.78 is 0. The highest BCUT2D eigenvalue weighted by molar-refractivity contribution is 5.85. The van der Waals surface area contributed by atoms with Crippen LogP contribution in [0, 0.1) is 11.8 Å². The molecule has 1 unspecified atom stereocenters. The van der Waals surface area contributed by atoms with Gasteiger partial charge in [-0.25, -0.2) is 0 Å². The molecule has 18 heavy (non-hydrogen) atoms. The van der Waals surface area contributed by atoms with E-state index < -0.39 is 0 Å². The lowest BCUT2D eigenvalue weighted by atomic mass is 9.79. The van der Waals surface area contributed by atoms with E-state index in [1.807, 2.05) is 0 Å². The van der Waals surface area contributed by atoms with Gasteiger partial charge in [0.1, 0.15) is 0 Å². The third kappa shape index (κ3) is 4.13. The molecule has 2 aliphatic rings. The molecule has 0 radical (unpaired) electrons. The fraction of sp³-hybridized carbons (Fsp3) is 0.929. The number of rotatable bonds is 3. The van der Waals surface area contributed by atoms with Crippen LogP contribution in [0.2, 0.25) is 0 Å². The number of amides is 1. The third-order valence-corrected chi connectivity index (χ3v) is 4.44. The number of nitrogens with one attached hydrogen (secondary N) is 2. The van der Waals surface area contributed by atoms with Crippen molar-refractivity contribution >= 4 is 18.3 Å². The quantitative estimate of drug-likeness (QED) is 0.830. The van der Waals surface area contributed by atoms with Crippen molar-refractivity contribution in [2.24, 2.45) is 11.8 Å². The molecule has 0 spiro atoms. The van der Waals surface area contributed by atoms with E-state index in [2.05, 4.69) is 24.5 Å². The van der Waals surface area contributed by atoms with Crippen molar-refractivity contribution in [2.75, 3.05) is 6.54 Å². The Bertz CT molecular complexity index is 257. The first-order valence-electron chi connectivity index (χ1n) is 7.20. The molecule has 1 saturated carbocycles. The molecular formula is C14H27ClN2O. The maximum absolute atomic E-state index is 12.0. The van der Waals surface area contributed by atoms with Crippen molar-refractivity contribution in [1.29, 1.82) is 0 Å². The van der Waals surface area contributed by atoms with E-state index in [1.165, 1.54) is 25.7 Å². The van der Waals surface area contributed by atoms with Crippen molar-refractivity contribution in [2.45, 2.75) is 64.5 Å². The first-order valence-corrected chi connectivity index (χ1v) is 7.20. The van der Waals surface area contributed by atoms with Crippen LogP contribution in [-0.4, -0.2) is 24.5 Å². The highest BCUT2D eigenvalue weighted by Crippen LogP contribution is 2.29. The van der Waals surface area contributed by atoms with Crippen LogP contribution in [0.5, 0.6) is 0 Å². The summed E-state index contributed by atoms with van der Waals surface area (Å²) >= 11 is 0. The number of carbonyl (C=O) groups excluding carboxylic acids is 1. The topological polar surface area (TPSA) is 41.1 Å². The first kappa shape index (κ1) is 15.8. The predicted octanol–water partition coefficient (Wildman–Crippen LogP) is 2.49. The normalized spacial score (nSPS) is 32.1. The summed E-state index contributed by atoms with van der Waals surface area (Å²) in [6, 6.07) is 0.512. The Morgan fingerprint density at radius 1 is 1.17 bits per heavy atom. The third-order valence-electron chi connectivity index (χ3n) is 4.44. The van der Waals surface area contributed by atoms with E-state index in [-0.39, 0.29) is 24.4 Å². The lowest BCUT2D eigenvalue weighted by Crippen LogP contribution is -2.46. The van der Waals surface area contributed by atoms with Gasteiger partial charge in [-0.05, 0) is 56.9 Å². The maximum Gasteiger partial charge on any atom is 0.237 e. The van der Waals surface area contributed by atoms with Gasteiger partial charge in [-0.3, -0.25) is 4.79 Å². The van der Waals surface area contributed by atoms with Crippen LogP contribution in [0.1, 0.15) is 52.4 Å². The molecule has 1 aliphatic heterocycles. The Morgan fingerprint density at radius 3 is 2.33 bits per heavy atom. The summed E-state index contributed by atoms with van der Waals surface area (Å²) in [5.74, 6) is 1.89. The number of hydrogen-bond donors (Lipinski definition) is 2. The standard InChI is InChI=1S/C14H26N2O.ClH/c1-10(2)11-5-7-12(8-6-11)16-14(17)13-4-3-9-15-13;/h10-13,15H,3-9H2,1-2H3,(H,16,17);1H. The van der Waals surface area contributed by atoms with Crippen LogP contribution in [0.15, 0.2) is 0 Å². The van der Waals surface area contributed by atoms with Crippen LogP contribution in [0.3, 0.4) is 0 Å². The molecule has 1 amide bonds. The zero-order chi connectivity index (χ0) is 12.3. The Kier molecular flexibility index (Phi) is 6.44. The molecule has 0 aromatic carbocycles. The molecule has 106 valence electrons. The molecule has 1 saturated heterocycles. The smallest absolute Gasteiger partial charge is 0.237 e. The average Bonchev–Trinajstić information content (AvgIpc) is 2.83. The second-order valence-corrected chi connectivity index (χ2v) is 6.01. The second-order valence-electron chi connectivity index (χ2n) is 6.01. The maximum atomic E-state index is 12.0. The Labute approximate surface area is 117 Å². The Hall–Kier alpha value is -0.280. The van der Waals surface area contributed by atoms with E-state index in [4.69, 9.17) is 0 Å². The molecule has 3 nitrogen and oxygen atoms in total. The lowest BCUT2D eigenvalue weighted by Gasteiger charge is -2.31. The molecule has 2 N–H and O–H groups in total. The molecule has 1 aliphatic carbocycles. The van der Waals surface area contributed by atoms with E-state index in [9.17, 15) is 4.79 Å². The van der Waals surface area contributed by atoms with Gasteiger partial charge < -0.3 is 10.6 Å². The van der Waals surface area contributed by atoms with Gasteiger partial charge in [0.25, 0.3) is 0 Å². The highest BCUT2D eigenvalue weighted by atomic mass is 35.5. The molecule has 0 bridgehead atoms. The zero-order valence-corrected chi connectivity index (χ0v) is 12.4. The van der Waals surface area contributed by atoms with Gasteiger partial charge in [-0.2, -0.15) is 0 Å². The van der Waals surface area contributed by atoms with Gasteiger partial charge in [0, 0.05) is 6.04 Å². The SMILES string of the molecule is CC(C)C1CCC(NC(=O)C2CCCN2)CC1.Cl. The van der Waals surface area contributed by atoms with Gasteiger partial charge in [0.2, 0.25) is 5.91 Å². The van der Waals surface area contributed by atoms with E-state index >= 15 is 0 Å². The summed E-state index contributed by atoms with van der Waals surface area (Å²) in [5, 5.41) is 6.48. The van der Waals surface area contributed by atoms with Crippen molar-refractivity contribution in [3.05, 3.63) is 0 Å². The average molecular weight is 275 g/mol. The monoisotopic (exact) mass is 274 g/mol. The lowest BCUT2D eigenvalue weighted by molar-refractivity contribution is -0.123. The summed E-state index contributed by atoms with van der Waals surface area (Å²) in [6.07, 6.45) is 7.04. The minimum absolute atomic E-state index is 0. The number of carbonyl (C=O) groups is 1. The number of halogens is 1. The molecule has 1 atom stereocenters. The van der Waals surface area contributed by atoms with Gasteiger partial charge in [-0.15, -0.1) is 12.4 Å². The Morgan fingerprint density at radius 2 is 1.83 bits per heavy atom. The molecule has 1 heterocycles. The molecule has 0 aromatic rings. The molecule has 4 heteroatoms. The van der Waals surface area contributed by atoms with E-state index in [0.29, 0.717) is 6.04 Å². The van der Waals surface area contributed by atoms with E-state index in [1.54, 1.807) is 0 Å². The number of hydrogen-bond acceptors (Lipinski definition) is 2. The summed E-state index contributed by atoms with van der Waals surface area (Å²) in [4.78, 5) is 12.0. The highest BCUT2D eigenvalue weighted by Gasteiger charge is 2.27. The van der Waals surface area contributed by atoms with Gasteiger partial charge in [-0.1, -0.05) is 13.8 Å². The molecule has 0 aromatic heterocycles. The van der Waals surface area contributed by atoms with Crippen molar-refractivity contribution in [3.63, 3.8) is 0 Å². The van der Waals surface area contributed by atoms with Crippen molar-refractivity contribution < 1.29 is 4.79 Å². The van der Waals surface area contributed by atoms with E-state index in [0.717, 1.165) is 31.2 Å².